The summed E-state index contributed by atoms with van der Waals surface area (Å²) in [6, 6.07) is 13.2. The number of hydrogen-bond donors (Lipinski definition) is 5. The molecular weight excluding hydrogens is 656 g/mol. The molecule has 16 nitrogen and oxygen atoms in total. The Kier molecular flexibility index (Phi) is 9.74. The number of phenolic OH excluding ortho intramolecular Hbond substituents is 2. The number of imidazole rings is 1. The predicted octanol–water partition coefficient (Wildman–Crippen LogP) is 3.06. The van der Waals surface area contributed by atoms with E-state index in [1.807, 2.05) is 19.1 Å². The van der Waals surface area contributed by atoms with E-state index in [9.17, 15) is 29.4 Å². The summed E-state index contributed by atoms with van der Waals surface area (Å²) in [5, 5.41) is 33.2. The number of primary amides is 1. The van der Waals surface area contributed by atoms with E-state index in [1.54, 1.807) is 47.4 Å². The number of ketones is 1. The molecule has 0 aliphatic rings. The molecule has 0 unspecified atom stereocenters. The highest BCUT2D eigenvalue weighted by atomic mass is 16.3. The van der Waals surface area contributed by atoms with E-state index < -0.39 is 29.5 Å². The number of nitrogens with two attached hydrogens (primary N) is 1. The standard InChI is InChI=1S/C35H32N10O6/c1-20-12-21(27-16-37-10-11-38-27)2-5-25(20)41-35(51)28(7-9-33(36)49)45-17-24(42-43-45)15-39-34(50)23-3-6-26-29(13-23)44(19-40-26)18-32(48)22-4-8-30(46)31(47)14-22/h2-6,8,10-14,16-17,19,28,46-47H,7,9,15,18H2,1H3,(H2,36,49)(H,39,50)(H,41,51)/t28-/m1/s1. The Balaban J connectivity index is 1.12. The second kappa shape index (κ2) is 14.7. The molecule has 0 spiro atoms. The highest BCUT2D eigenvalue weighted by Gasteiger charge is 2.24. The fraction of sp³-hybridized carbons (Fsp3) is 0.171. The molecule has 0 aliphatic carbocycles. The van der Waals surface area contributed by atoms with Gasteiger partial charge in [-0.25, -0.2) is 9.67 Å². The lowest BCUT2D eigenvalue weighted by Crippen LogP contribution is -2.28. The maximum Gasteiger partial charge on any atom is 0.251 e. The first-order valence-electron chi connectivity index (χ1n) is 15.7. The van der Waals surface area contributed by atoms with Crippen molar-refractivity contribution in [3.8, 4) is 22.8 Å². The van der Waals surface area contributed by atoms with Gasteiger partial charge in [-0.05, 0) is 67.4 Å². The van der Waals surface area contributed by atoms with E-state index in [0.717, 1.165) is 11.1 Å². The van der Waals surface area contributed by atoms with Crippen LogP contribution < -0.4 is 16.4 Å². The topological polar surface area (TPSA) is 233 Å². The van der Waals surface area contributed by atoms with Gasteiger partial charge < -0.3 is 31.1 Å². The fourth-order valence-corrected chi connectivity index (χ4v) is 5.38. The summed E-state index contributed by atoms with van der Waals surface area (Å²) in [5.41, 5.74) is 10.2. The van der Waals surface area contributed by atoms with Gasteiger partial charge in [0, 0.05) is 41.2 Å². The second-order valence-electron chi connectivity index (χ2n) is 11.7. The molecule has 3 amide bonds. The number of aromatic nitrogens is 7. The quantitative estimate of drug-likeness (QED) is 0.0874. The van der Waals surface area contributed by atoms with Crippen molar-refractivity contribution in [2.75, 3.05) is 5.32 Å². The molecular formula is C35H32N10O6. The van der Waals surface area contributed by atoms with Gasteiger partial charge in [-0.3, -0.25) is 29.1 Å². The molecule has 1 atom stereocenters. The average molecular weight is 689 g/mol. The summed E-state index contributed by atoms with van der Waals surface area (Å²) in [6.07, 6.45) is 7.81. The number of hydrogen-bond acceptors (Lipinski definition) is 11. The summed E-state index contributed by atoms with van der Waals surface area (Å²) in [4.78, 5) is 63.8. The van der Waals surface area contributed by atoms with Crippen molar-refractivity contribution in [1.29, 1.82) is 0 Å². The van der Waals surface area contributed by atoms with Crippen molar-refractivity contribution in [3.05, 3.63) is 108 Å². The number of fused-ring (bicyclic) bond motifs is 1. The van der Waals surface area contributed by atoms with Crippen LogP contribution in [-0.2, 0) is 22.7 Å². The first-order chi connectivity index (χ1) is 24.5. The number of carbonyl (C=O) groups excluding carboxylic acids is 4. The lowest BCUT2D eigenvalue weighted by molar-refractivity contribution is -0.120. The van der Waals surface area contributed by atoms with Gasteiger partial charge in [-0.2, -0.15) is 0 Å². The van der Waals surface area contributed by atoms with Gasteiger partial charge in [-0.15, -0.1) is 5.10 Å². The molecule has 0 saturated heterocycles. The van der Waals surface area contributed by atoms with Gasteiger partial charge in [0.15, 0.2) is 17.3 Å². The Bertz CT molecular complexity index is 2270. The van der Waals surface area contributed by atoms with Crippen molar-refractivity contribution in [1.82, 2.24) is 39.8 Å². The molecule has 6 N–H and O–H groups in total. The van der Waals surface area contributed by atoms with Crippen LogP contribution in [0.5, 0.6) is 11.5 Å². The summed E-state index contributed by atoms with van der Waals surface area (Å²) in [7, 11) is 0. The molecule has 3 aromatic heterocycles. The van der Waals surface area contributed by atoms with Gasteiger partial charge in [0.1, 0.15) is 11.7 Å². The Morgan fingerprint density at radius 3 is 2.51 bits per heavy atom. The van der Waals surface area contributed by atoms with Crippen LogP contribution >= 0.6 is 0 Å². The molecule has 0 radical (unpaired) electrons. The molecule has 0 bridgehead atoms. The summed E-state index contributed by atoms with van der Waals surface area (Å²) >= 11 is 0. The number of phenols is 2. The van der Waals surface area contributed by atoms with Gasteiger partial charge >= 0.3 is 0 Å². The minimum atomic E-state index is -0.926. The van der Waals surface area contributed by atoms with Crippen LogP contribution in [0.4, 0.5) is 5.69 Å². The van der Waals surface area contributed by atoms with Crippen molar-refractivity contribution < 1.29 is 29.4 Å². The van der Waals surface area contributed by atoms with Gasteiger partial charge in [0.2, 0.25) is 11.8 Å². The maximum absolute atomic E-state index is 13.5. The number of benzene rings is 3. The molecule has 6 rings (SSSR count). The van der Waals surface area contributed by atoms with E-state index in [1.165, 1.54) is 35.4 Å². The third-order valence-corrected chi connectivity index (χ3v) is 8.11. The van der Waals surface area contributed by atoms with Crippen molar-refractivity contribution in [2.24, 2.45) is 5.73 Å². The summed E-state index contributed by atoms with van der Waals surface area (Å²) in [5.74, 6) is -2.52. The van der Waals surface area contributed by atoms with Gasteiger partial charge in [0.25, 0.3) is 5.91 Å². The Morgan fingerprint density at radius 1 is 0.941 bits per heavy atom. The van der Waals surface area contributed by atoms with E-state index in [0.29, 0.717) is 33.7 Å². The monoisotopic (exact) mass is 688 g/mol. The molecule has 0 fully saturated rings. The number of nitrogens with zero attached hydrogens (tertiary/aromatic N) is 7. The number of amides is 3. The first kappa shape index (κ1) is 33.9. The van der Waals surface area contributed by atoms with Crippen LogP contribution in [0.2, 0.25) is 0 Å². The zero-order valence-corrected chi connectivity index (χ0v) is 27.2. The maximum atomic E-state index is 13.5. The predicted molar refractivity (Wildman–Crippen MR) is 183 cm³/mol. The Labute approximate surface area is 290 Å². The number of anilines is 1. The van der Waals surface area contributed by atoms with E-state index in [2.05, 4.69) is 35.9 Å². The number of nitrogens with one attached hydrogen (secondary N) is 2. The van der Waals surface area contributed by atoms with Crippen molar-refractivity contribution in [3.63, 3.8) is 0 Å². The van der Waals surface area contributed by atoms with Gasteiger partial charge in [0.05, 0.1) is 48.5 Å². The van der Waals surface area contributed by atoms with E-state index in [4.69, 9.17) is 5.73 Å². The zero-order valence-electron chi connectivity index (χ0n) is 27.2. The molecule has 258 valence electrons. The molecule has 51 heavy (non-hydrogen) atoms. The van der Waals surface area contributed by atoms with Crippen LogP contribution in [0.1, 0.15) is 50.9 Å². The number of aromatic hydroxyl groups is 2. The van der Waals surface area contributed by atoms with Crippen LogP contribution in [0.15, 0.2) is 85.7 Å². The number of rotatable bonds is 13. The highest BCUT2D eigenvalue weighted by molar-refractivity contribution is 5.99. The lowest BCUT2D eigenvalue weighted by atomic mass is 10.1. The summed E-state index contributed by atoms with van der Waals surface area (Å²) in [6.45, 7) is 1.71. The summed E-state index contributed by atoms with van der Waals surface area (Å²) < 4.78 is 2.91. The molecule has 0 aliphatic heterocycles. The second-order valence-corrected chi connectivity index (χ2v) is 11.7. The molecule has 16 heteroatoms. The van der Waals surface area contributed by atoms with Crippen LogP contribution in [0.3, 0.4) is 0 Å². The lowest BCUT2D eigenvalue weighted by Gasteiger charge is -2.17. The number of aryl methyl sites for hydroxylation is 1. The van der Waals surface area contributed by atoms with Crippen molar-refractivity contribution >= 4 is 40.2 Å². The van der Waals surface area contributed by atoms with Crippen LogP contribution in [-0.4, -0.2) is 68.2 Å². The number of carbonyl (C=O) groups is 4. The van der Waals surface area contributed by atoms with E-state index >= 15 is 0 Å². The smallest absolute Gasteiger partial charge is 0.251 e. The SMILES string of the molecule is Cc1cc(-c2cnccn2)ccc1NC(=O)[C@@H](CCC(N)=O)n1cc(CNC(=O)c2ccc3ncn(CC(=O)c4ccc(O)c(O)c4)c3c2)nn1. The minimum absolute atomic E-state index is 0.0218. The van der Waals surface area contributed by atoms with Crippen molar-refractivity contribution in [2.45, 2.75) is 38.9 Å². The molecule has 3 aromatic carbocycles. The zero-order chi connectivity index (χ0) is 36.1. The Morgan fingerprint density at radius 2 is 1.76 bits per heavy atom. The van der Waals surface area contributed by atoms with E-state index in [-0.39, 0.29) is 43.0 Å². The first-order valence-corrected chi connectivity index (χ1v) is 15.7. The normalized spacial score (nSPS) is 11.6. The average Bonchev–Trinajstić information content (AvgIpc) is 3.76. The highest BCUT2D eigenvalue weighted by Crippen LogP contribution is 2.27. The third kappa shape index (κ3) is 7.86. The largest absolute Gasteiger partial charge is 0.504 e. The van der Waals surface area contributed by atoms with Crippen LogP contribution in [0.25, 0.3) is 22.3 Å². The molecule has 3 heterocycles. The van der Waals surface area contributed by atoms with Crippen LogP contribution in [0, 0.1) is 6.92 Å². The fourth-order valence-electron chi connectivity index (χ4n) is 5.38. The third-order valence-electron chi connectivity index (χ3n) is 8.11. The minimum Gasteiger partial charge on any atom is -0.504 e. The van der Waals surface area contributed by atoms with Gasteiger partial charge in [-0.1, -0.05) is 11.3 Å². The molecule has 6 aromatic rings. The molecule has 0 saturated carbocycles. The Hall–Kier alpha value is -6.97. The number of Topliss-reactive ketones (excluding diaryl/α,β-unsaturated/α-hetero) is 1.